The van der Waals surface area contributed by atoms with Crippen LogP contribution in [0.1, 0.15) is 11.5 Å². The molecule has 0 aliphatic carbocycles. The number of methoxy groups -OCH3 is 1. The molecule has 0 radical (unpaired) electrons. The zero-order valence-electron chi connectivity index (χ0n) is 18.4. The van der Waals surface area contributed by atoms with Gasteiger partial charge in [0.2, 0.25) is 11.2 Å². The molecule has 1 heterocycles. The van der Waals surface area contributed by atoms with Gasteiger partial charge in [0.25, 0.3) is 0 Å². The Morgan fingerprint density at radius 1 is 0.912 bits per heavy atom. The van der Waals surface area contributed by atoms with Crippen molar-refractivity contribution >= 4 is 15.5 Å². The summed E-state index contributed by atoms with van der Waals surface area (Å²) in [4.78, 5) is 12.3. The molecule has 0 saturated heterocycles. The molecule has 0 spiro atoms. The fourth-order valence-corrected chi connectivity index (χ4v) is 4.68. The number of aromatic hydroxyl groups is 1. The van der Waals surface area contributed by atoms with Gasteiger partial charge in [-0.1, -0.05) is 42.5 Å². The molecule has 2 N–H and O–H groups in total. The average Bonchev–Trinajstić information content (AvgIpc) is 2.86. The topological polar surface area (TPSA) is 106 Å². The number of sulfone groups is 1. The fourth-order valence-electron chi connectivity index (χ4n) is 3.42. The van der Waals surface area contributed by atoms with Crippen molar-refractivity contribution in [1.82, 2.24) is 0 Å². The molecule has 0 saturated carbocycles. The van der Waals surface area contributed by atoms with Crippen molar-refractivity contribution in [3.05, 3.63) is 107 Å². The van der Waals surface area contributed by atoms with Crippen LogP contribution in [0.2, 0.25) is 0 Å². The van der Waals surface area contributed by atoms with Crippen molar-refractivity contribution in [2.75, 3.05) is 12.4 Å². The first kappa shape index (κ1) is 23.1. The van der Waals surface area contributed by atoms with Crippen molar-refractivity contribution in [3.8, 4) is 22.6 Å². The number of hydrogen-bond acceptors (Lipinski definition) is 7. The molecule has 0 aliphatic rings. The van der Waals surface area contributed by atoms with Crippen LogP contribution in [-0.4, -0.2) is 20.6 Å². The number of anilines is 1. The van der Waals surface area contributed by atoms with Crippen molar-refractivity contribution in [2.24, 2.45) is 0 Å². The summed E-state index contributed by atoms with van der Waals surface area (Å²) in [5.74, 6) is -0.343. The van der Waals surface area contributed by atoms with Crippen LogP contribution in [0.4, 0.5) is 5.69 Å². The summed E-state index contributed by atoms with van der Waals surface area (Å²) in [5, 5.41) is 13.2. The molecular weight excluding hydrogens is 454 g/mol. The minimum absolute atomic E-state index is 0.00216. The third-order valence-corrected chi connectivity index (χ3v) is 6.89. The van der Waals surface area contributed by atoms with Crippen molar-refractivity contribution in [2.45, 2.75) is 17.2 Å². The summed E-state index contributed by atoms with van der Waals surface area (Å²) in [6.07, 6.45) is 0. The Morgan fingerprint density at radius 3 is 2.15 bits per heavy atom. The Hall–Kier alpha value is -4.04. The number of nitrogens with one attached hydrogen (secondary N) is 1. The molecule has 0 bridgehead atoms. The second-order valence-electron chi connectivity index (χ2n) is 7.58. The van der Waals surface area contributed by atoms with E-state index in [1.807, 2.05) is 48.5 Å². The number of benzene rings is 3. The lowest BCUT2D eigenvalue weighted by Crippen LogP contribution is -2.11. The third-order valence-electron chi connectivity index (χ3n) is 5.24. The van der Waals surface area contributed by atoms with E-state index >= 15 is 0 Å². The molecule has 4 rings (SSSR count). The normalized spacial score (nSPS) is 11.2. The van der Waals surface area contributed by atoms with Gasteiger partial charge in [-0.3, -0.25) is 4.79 Å². The van der Waals surface area contributed by atoms with Gasteiger partial charge in [-0.05, 0) is 47.5 Å². The van der Waals surface area contributed by atoms with E-state index in [2.05, 4.69) is 5.32 Å². The zero-order chi connectivity index (χ0) is 24.1. The van der Waals surface area contributed by atoms with E-state index in [0.29, 0.717) is 0 Å². The lowest BCUT2D eigenvalue weighted by molar-refractivity contribution is 0.390. The van der Waals surface area contributed by atoms with Gasteiger partial charge < -0.3 is 19.6 Å². The van der Waals surface area contributed by atoms with Gasteiger partial charge in [0.1, 0.15) is 17.3 Å². The molecule has 1 aromatic heterocycles. The van der Waals surface area contributed by atoms with Gasteiger partial charge >= 0.3 is 0 Å². The second kappa shape index (κ2) is 9.84. The van der Waals surface area contributed by atoms with Gasteiger partial charge in [-0.15, -0.1) is 0 Å². The lowest BCUT2D eigenvalue weighted by atomic mass is 10.1. The lowest BCUT2D eigenvalue weighted by Gasteiger charge is -2.10. The standard InChI is InChI=1S/C26H23NO6S/c1-32-21-13-9-19(10-14-21)18-7-11-20(12-8-18)27-16-25-26(29)24(28)15-22(33-25)17-34(30,31)23-5-3-2-4-6-23/h2-15,27,29H,16-17H2,1H3. The van der Waals surface area contributed by atoms with E-state index in [1.165, 1.54) is 12.1 Å². The molecule has 0 aliphatic heterocycles. The van der Waals surface area contributed by atoms with E-state index in [1.54, 1.807) is 25.3 Å². The van der Waals surface area contributed by atoms with E-state index in [-0.39, 0.29) is 23.0 Å². The average molecular weight is 478 g/mol. The highest BCUT2D eigenvalue weighted by molar-refractivity contribution is 7.90. The Labute approximate surface area is 197 Å². The monoisotopic (exact) mass is 477 g/mol. The van der Waals surface area contributed by atoms with E-state index in [0.717, 1.165) is 28.6 Å². The van der Waals surface area contributed by atoms with Gasteiger partial charge in [0.05, 0.1) is 18.6 Å². The highest BCUT2D eigenvalue weighted by Crippen LogP contribution is 2.25. The maximum Gasteiger partial charge on any atom is 0.227 e. The van der Waals surface area contributed by atoms with E-state index in [9.17, 15) is 18.3 Å². The first-order valence-electron chi connectivity index (χ1n) is 10.5. The molecule has 7 nitrogen and oxygen atoms in total. The van der Waals surface area contributed by atoms with Crippen LogP contribution < -0.4 is 15.5 Å². The first-order valence-corrected chi connectivity index (χ1v) is 12.1. The second-order valence-corrected chi connectivity index (χ2v) is 9.57. The maximum atomic E-state index is 12.6. The van der Waals surface area contributed by atoms with Crippen molar-refractivity contribution in [3.63, 3.8) is 0 Å². The first-order chi connectivity index (χ1) is 16.4. The minimum atomic E-state index is -3.70. The highest BCUT2D eigenvalue weighted by Gasteiger charge is 2.19. The molecule has 174 valence electrons. The molecule has 3 aromatic carbocycles. The highest BCUT2D eigenvalue weighted by atomic mass is 32.2. The van der Waals surface area contributed by atoms with Crippen LogP contribution in [0, 0.1) is 0 Å². The molecule has 0 unspecified atom stereocenters. The summed E-state index contributed by atoms with van der Waals surface area (Å²) in [6, 6.07) is 24.2. The Balaban J connectivity index is 1.48. The van der Waals surface area contributed by atoms with Crippen molar-refractivity contribution in [1.29, 1.82) is 0 Å². The Kier molecular flexibility index (Phi) is 6.70. The van der Waals surface area contributed by atoms with Crippen LogP contribution in [0.25, 0.3) is 11.1 Å². The fraction of sp³-hybridized carbons (Fsp3) is 0.115. The quantitative estimate of drug-likeness (QED) is 0.382. The zero-order valence-corrected chi connectivity index (χ0v) is 19.2. The Morgan fingerprint density at radius 2 is 1.53 bits per heavy atom. The summed E-state index contributed by atoms with van der Waals surface area (Å²) in [6.45, 7) is 0.00216. The summed E-state index contributed by atoms with van der Waals surface area (Å²) in [7, 11) is -2.09. The van der Waals surface area contributed by atoms with Crippen LogP contribution in [0.5, 0.6) is 11.5 Å². The van der Waals surface area contributed by atoms with E-state index < -0.39 is 26.8 Å². The van der Waals surface area contributed by atoms with Crippen LogP contribution >= 0.6 is 0 Å². The third kappa shape index (κ3) is 5.29. The van der Waals surface area contributed by atoms with Gasteiger partial charge in [-0.25, -0.2) is 8.42 Å². The predicted octanol–water partition coefficient (Wildman–Crippen LogP) is 4.61. The van der Waals surface area contributed by atoms with Gasteiger partial charge in [0.15, 0.2) is 15.6 Å². The summed E-state index contributed by atoms with van der Waals surface area (Å²) in [5.41, 5.74) is 2.08. The molecule has 0 atom stereocenters. The molecule has 8 heteroatoms. The van der Waals surface area contributed by atoms with Crippen molar-refractivity contribution < 1.29 is 22.7 Å². The molecule has 4 aromatic rings. The smallest absolute Gasteiger partial charge is 0.227 e. The SMILES string of the molecule is COc1ccc(-c2ccc(NCc3oc(CS(=O)(=O)c4ccccc4)cc(=O)c3O)cc2)cc1. The number of ether oxygens (including phenoxy) is 1. The largest absolute Gasteiger partial charge is 0.502 e. The molecule has 34 heavy (non-hydrogen) atoms. The minimum Gasteiger partial charge on any atom is -0.502 e. The maximum absolute atomic E-state index is 12.6. The molecule has 0 amide bonds. The van der Waals surface area contributed by atoms with E-state index in [4.69, 9.17) is 9.15 Å². The number of rotatable bonds is 8. The predicted molar refractivity (Wildman–Crippen MR) is 130 cm³/mol. The van der Waals surface area contributed by atoms with Crippen LogP contribution in [-0.2, 0) is 22.1 Å². The number of hydrogen-bond donors (Lipinski definition) is 2. The van der Waals surface area contributed by atoms with Crippen LogP contribution in [0.15, 0.2) is 99.0 Å². The summed E-state index contributed by atoms with van der Waals surface area (Å²) >= 11 is 0. The van der Waals surface area contributed by atoms with Gasteiger partial charge in [0, 0.05) is 11.8 Å². The Bertz CT molecular complexity index is 1430. The molecular formula is C26H23NO6S. The van der Waals surface area contributed by atoms with Crippen LogP contribution in [0.3, 0.4) is 0 Å². The summed E-state index contributed by atoms with van der Waals surface area (Å²) < 4.78 is 36.0. The molecule has 0 fully saturated rings. The van der Waals surface area contributed by atoms with Gasteiger partial charge in [-0.2, -0.15) is 0 Å².